The summed E-state index contributed by atoms with van der Waals surface area (Å²) < 4.78 is 5.35. The highest BCUT2D eigenvalue weighted by Gasteiger charge is 2.37. The van der Waals surface area contributed by atoms with Gasteiger partial charge in [0.1, 0.15) is 13.4 Å². The second kappa shape index (κ2) is 2.90. The quantitative estimate of drug-likeness (QED) is 0.462. The van der Waals surface area contributed by atoms with E-state index in [1.54, 1.807) is 0 Å². The fraction of sp³-hybridized carbons (Fsp3) is 1.00. The van der Waals surface area contributed by atoms with Crippen LogP contribution in [0.2, 0.25) is 0 Å². The molecule has 0 bridgehead atoms. The lowest BCUT2D eigenvalue weighted by Gasteiger charge is -2.23. The Morgan fingerprint density at radius 1 is 1.50 bits per heavy atom. The summed E-state index contributed by atoms with van der Waals surface area (Å²) in [4.78, 5) is 0. The summed E-state index contributed by atoms with van der Waals surface area (Å²) in [7, 11) is 1.95. The van der Waals surface area contributed by atoms with Crippen molar-refractivity contribution in [3.05, 3.63) is 0 Å². The fourth-order valence-electron chi connectivity index (χ4n) is 1.29. The van der Waals surface area contributed by atoms with E-state index in [4.69, 9.17) is 14.9 Å². The van der Waals surface area contributed by atoms with Crippen LogP contribution < -0.4 is 0 Å². The van der Waals surface area contributed by atoms with E-state index in [9.17, 15) is 0 Å². The average Bonchev–Trinajstić information content (AvgIpc) is 2.33. The standard InChI is InChI=1S/C6H13BO3/c7-5-1-2-6(3-8,4-9)10-5/h5,8-9H,1-4,7H2/t5-/m1/s1. The number of aliphatic hydroxyl groups excluding tert-OH is 2. The van der Waals surface area contributed by atoms with Gasteiger partial charge in [0, 0.05) is 6.00 Å². The third-order valence-corrected chi connectivity index (χ3v) is 2.03. The molecule has 0 amide bonds. The van der Waals surface area contributed by atoms with Gasteiger partial charge in [-0.05, 0) is 12.8 Å². The van der Waals surface area contributed by atoms with Crippen molar-refractivity contribution in [3.63, 3.8) is 0 Å². The zero-order valence-corrected chi connectivity index (χ0v) is 6.21. The van der Waals surface area contributed by atoms with Crippen LogP contribution >= 0.6 is 0 Å². The number of hydrogen-bond acceptors (Lipinski definition) is 3. The van der Waals surface area contributed by atoms with E-state index in [0.29, 0.717) is 0 Å². The molecule has 0 aliphatic carbocycles. The number of ether oxygens (including phenoxy) is 1. The van der Waals surface area contributed by atoms with Crippen molar-refractivity contribution in [1.29, 1.82) is 0 Å². The molecule has 10 heavy (non-hydrogen) atoms. The lowest BCUT2D eigenvalue weighted by Crippen LogP contribution is -2.37. The normalized spacial score (nSPS) is 30.8. The molecule has 1 heterocycles. The fourth-order valence-corrected chi connectivity index (χ4v) is 1.29. The summed E-state index contributed by atoms with van der Waals surface area (Å²) in [6.45, 7) is -0.151. The molecule has 2 N–H and O–H groups in total. The molecule has 1 atom stereocenters. The Bertz CT molecular complexity index is 114. The van der Waals surface area contributed by atoms with Crippen LogP contribution in [0.25, 0.3) is 0 Å². The molecule has 1 aliphatic heterocycles. The Morgan fingerprint density at radius 2 is 2.10 bits per heavy atom. The van der Waals surface area contributed by atoms with Crippen LogP contribution in [0.1, 0.15) is 12.8 Å². The second-order valence-electron chi connectivity index (χ2n) is 2.97. The van der Waals surface area contributed by atoms with E-state index in [1.165, 1.54) is 0 Å². The van der Waals surface area contributed by atoms with E-state index in [0.717, 1.165) is 12.8 Å². The van der Waals surface area contributed by atoms with Crippen molar-refractivity contribution in [2.45, 2.75) is 24.4 Å². The molecule has 1 rings (SSSR count). The van der Waals surface area contributed by atoms with E-state index in [1.807, 2.05) is 7.85 Å². The SMILES string of the molecule is B[C@H]1CCC(CO)(CO)O1. The first-order chi connectivity index (χ1) is 4.72. The molecule has 1 aliphatic rings. The van der Waals surface area contributed by atoms with Crippen molar-refractivity contribution in [2.24, 2.45) is 0 Å². The Morgan fingerprint density at radius 3 is 2.30 bits per heavy atom. The highest BCUT2D eigenvalue weighted by Crippen LogP contribution is 2.27. The van der Waals surface area contributed by atoms with Gasteiger partial charge < -0.3 is 14.9 Å². The van der Waals surface area contributed by atoms with Gasteiger partial charge in [-0.2, -0.15) is 0 Å². The van der Waals surface area contributed by atoms with Gasteiger partial charge in [0.05, 0.1) is 13.2 Å². The zero-order valence-electron chi connectivity index (χ0n) is 6.21. The molecule has 58 valence electrons. The number of aliphatic hydroxyl groups is 2. The Balaban J connectivity index is 2.51. The van der Waals surface area contributed by atoms with Crippen LogP contribution in [0, 0.1) is 0 Å². The van der Waals surface area contributed by atoms with Crippen LogP contribution in [0.4, 0.5) is 0 Å². The van der Waals surface area contributed by atoms with Gasteiger partial charge in [-0.15, -0.1) is 0 Å². The first-order valence-electron chi connectivity index (χ1n) is 3.62. The number of rotatable bonds is 2. The molecule has 0 radical (unpaired) electrons. The molecule has 1 fully saturated rings. The van der Waals surface area contributed by atoms with E-state index >= 15 is 0 Å². The summed E-state index contributed by atoms with van der Waals surface area (Å²) in [6.07, 6.45) is 1.70. The molecule has 0 aromatic rings. The minimum absolute atomic E-state index is 0.0756. The molecule has 1 saturated heterocycles. The van der Waals surface area contributed by atoms with Crippen molar-refractivity contribution in [1.82, 2.24) is 0 Å². The maximum absolute atomic E-state index is 8.85. The Kier molecular flexibility index (Phi) is 2.34. The minimum Gasteiger partial charge on any atom is -0.393 e. The first kappa shape index (κ1) is 8.05. The van der Waals surface area contributed by atoms with Crippen LogP contribution in [-0.2, 0) is 4.74 Å². The van der Waals surface area contributed by atoms with Gasteiger partial charge in [0.25, 0.3) is 0 Å². The molecule has 0 aromatic heterocycles. The molecule has 0 spiro atoms. The van der Waals surface area contributed by atoms with Crippen LogP contribution in [0.15, 0.2) is 0 Å². The topological polar surface area (TPSA) is 49.7 Å². The van der Waals surface area contributed by atoms with Crippen LogP contribution in [0.5, 0.6) is 0 Å². The monoisotopic (exact) mass is 144 g/mol. The van der Waals surface area contributed by atoms with Crippen LogP contribution in [-0.4, -0.2) is 42.9 Å². The predicted molar refractivity (Wildman–Crippen MR) is 39.6 cm³/mol. The molecule has 0 saturated carbocycles. The maximum atomic E-state index is 8.85. The largest absolute Gasteiger partial charge is 0.393 e. The van der Waals surface area contributed by atoms with Gasteiger partial charge in [-0.25, -0.2) is 0 Å². The van der Waals surface area contributed by atoms with Crippen LogP contribution in [0.3, 0.4) is 0 Å². The first-order valence-corrected chi connectivity index (χ1v) is 3.62. The third-order valence-electron chi connectivity index (χ3n) is 2.03. The van der Waals surface area contributed by atoms with Gasteiger partial charge >= 0.3 is 0 Å². The van der Waals surface area contributed by atoms with Gasteiger partial charge in [-0.3, -0.25) is 0 Å². The van der Waals surface area contributed by atoms with E-state index in [2.05, 4.69) is 0 Å². The van der Waals surface area contributed by atoms with Gasteiger partial charge in [-0.1, -0.05) is 0 Å². The smallest absolute Gasteiger partial charge is 0.139 e. The maximum Gasteiger partial charge on any atom is 0.139 e. The lowest BCUT2D eigenvalue weighted by atomic mass is 9.95. The second-order valence-corrected chi connectivity index (χ2v) is 2.97. The summed E-state index contributed by atoms with van der Waals surface area (Å²) in [5.74, 6) is 0. The van der Waals surface area contributed by atoms with Gasteiger partial charge in [0.15, 0.2) is 0 Å². The van der Waals surface area contributed by atoms with Crippen molar-refractivity contribution >= 4 is 7.85 Å². The van der Waals surface area contributed by atoms with E-state index in [-0.39, 0.29) is 19.2 Å². The minimum atomic E-state index is -0.639. The Hall–Kier alpha value is -0.0551. The summed E-state index contributed by atoms with van der Waals surface area (Å²) >= 11 is 0. The Labute approximate surface area is 61.4 Å². The molecular weight excluding hydrogens is 131 g/mol. The highest BCUT2D eigenvalue weighted by molar-refractivity contribution is 6.11. The third kappa shape index (κ3) is 1.33. The number of hydrogen-bond donors (Lipinski definition) is 2. The van der Waals surface area contributed by atoms with Crippen molar-refractivity contribution < 1.29 is 14.9 Å². The van der Waals surface area contributed by atoms with E-state index < -0.39 is 5.60 Å². The summed E-state index contributed by atoms with van der Waals surface area (Å²) in [5, 5.41) is 17.7. The van der Waals surface area contributed by atoms with Crippen molar-refractivity contribution in [2.75, 3.05) is 13.2 Å². The summed E-state index contributed by atoms with van der Waals surface area (Å²) in [5.41, 5.74) is -0.639. The van der Waals surface area contributed by atoms with Crippen molar-refractivity contribution in [3.8, 4) is 0 Å². The highest BCUT2D eigenvalue weighted by atomic mass is 16.5. The molecule has 4 heteroatoms. The van der Waals surface area contributed by atoms with Gasteiger partial charge in [0.2, 0.25) is 0 Å². The molecule has 3 nitrogen and oxygen atoms in total. The summed E-state index contributed by atoms with van der Waals surface area (Å²) in [6, 6.07) is 0.180. The lowest BCUT2D eigenvalue weighted by molar-refractivity contribution is -0.0818. The molecular formula is C6H13BO3. The predicted octanol–water partition coefficient (Wildman–Crippen LogP) is -1.52. The molecule has 0 unspecified atom stereocenters. The molecule has 0 aromatic carbocycles. The average molecular weight is 144 g/mol. The zero-order chi connectivity index (χ0) is 7.61.